The van der Waals surface area contributed by atoms with Crippen molar-refractivity contribution in [2.24, 2.45) is 0 Å². The van der Waals surface area contributed by atoms with Crippen molar-refractivity contribution in [2.45, 2.75) is 76.0 Å². The summed E-state index contributed by atoms with van der Waals surface area (Å²) in [7, 11) is 0. The first-order valence-corrected chi connectivity index (χ1v) is 19.7. The van der Waals surface area contributed by atoms with E-state index in [1.165, 1.54) is 0 Å². The van der Waals surface area contributed by atoms with Gasteiger partial charge in [-0.15, -0.1) is 0 Å². The summed E-state index contributed by atoms with van der Waals surface area (Å²) < 4.78 is 37.0. The van der Waals surface area contributed by atoms with Gasteiger partial charge in [0.15, 0.2) is 5.82 Å². The molecule has 0 saturated carbocycles. The van der Waals surface area contributed by atoms with Crippen molar-refractivity contribution in [3.8, 4) is 17.3 Å². The Hall–Kier alpha value is -3.46. The second kappa shape index (κ2) is 14.9. The lowest BCUT2D eigenvalue weighted by Crippen LogP contribution is -2.43. The number of aromatic nitrogens is 5. The van der Waals surface area contributed by atoms with Crippen LogP contribution in [-0.4, -0.2) is 110 Å². The molecule has 272 valence electrons. The van der Waals surface area contributed by atoms with Gasteiger partial charge in [-0.3, -0.25) is 14.6 Å². The molecule has 1 N–H and O–H groups in total. The number of pyridine rings is 1. The topological polar surface area (TPSA) is 128 Å². The summed E-state index contributed by atoms with van der Waals surface area (Å²) in [6, 6.07) is 1.97. The first-order valence-electron chi connectivity index (χ1n) is 18.1. The summed E-state index contributed by atoms with van der Waals surface area (Å²) in [6.07, 6.45) is 9.77. The first kappa shape index (κ1) is 34.6. The molecule has 0 amide bonds. The average molecular weight is 740 g/mol. The number of aliphatic hydroxyl groups excluding tert-OH is 1. The van der Waals surface area contributed by atoms with E-state index in [4.69, 9.17) is 40.8 Å². The van der Waals surface area contributed by atoms with Gasteiger partial charge >= 0.3 is 12.2 Å². The number of anilines is 1. The fourth-order valence-corrected chi connectivity index (χ4v) is 9.50. The maximum absolute atomic E-state index is 17.4. The molecule has 0 radical (unpaired) electrons. The summed E-state index contributed by atoms with van der Waals surface area (Å²) in [5.74, 6) is 1.26. The van der Waals surface area contributed by atoms with Crippen LogP contribution in [0.4, 0.5) is 15.0 Å². The Balaban J connectivity index is 1.28. The number of benzene rings is 1. The Labute approximate surface area is 305 Å². The van der Waals surface area contributed by atoms with Gasteiger partial charge in [0.25, 0.3) is 0 Å². The highest BCUT2D eigenvalue weighted by atomic mass is 35.5. The van der Waals surface area contributed by atoms with E-state index < -0.39 is 18.1 Å². The molecule has 4 aromatic rings. The van der Waals surface area contributed by atoms with Crippen molar-refractivity contribution in [1.82, 2.24) is 29.6 Å². The number of carbonyl (C=O) groups excluding carboxylic acids is 1. The predicted molar refractivity (Wildman–Crippen MR) is 194 cm³/mol. The van der Waals surface area contributed by atoms with E-state index in [1.807, 2.05) is 15.6 Å². The molecule has 5 aliphatic rings. The maximum atomic E-state index is 17.4. The lowest BCUT2D eigenvalue weighted by molar-refractivity contribution is 0.0323. The number of carbonyl (C=O) groups is 1. The standard InChI is InChI=1S/C36H43ClFN7O5S/c37-27-17-28-25(19-40-45(28)12-2-1-3-14-46)29-24(27)7-4-15-48-35(47)50-23-20-43(13-16-51-21-23)33-26-18-39-32(29)30(38)31(26)41-34(42-33)49-22-36-8-5-10-44(36)11-6-9-36/h17-19,23,46H,1-16,20-22H2. The third-order valence-electron chi connectivity index (χ3n) is 10.8. The van der Waals surface area contributed by atoms with Crippen LogP contribution in [0.3, 0.4) is 0 Å². The van der Waals surface area contributed by atoms with Crippen LogP contribution in [0.15, 0.2) is 18.5 Å². The van der Waals surface area contributed by atoms with Gasteiger partial charge < -0.3 is 24.2 Å². The Morgan fingerprint density at radius 2 is 1.96 bits per heavy atom. The minimum absolute atomic E-state index is 0.0493. The van der Waals surface area contributed by atoms with Crippen LogP contribution in [0.2, 0.25) is 5.02 Å². The number of hydrogen-bond acceptors (Lipinski definition) is 12. The number of ether oxygens (including phenoxy) is 3. The average Bonchev–Trinajstić information content (AvgIpc) is 3.78. The lowest BCUT2D eigenvalue weighted by atomic mass is 9.95. The number of thioether (sulfide) groups is 1. The number of fused-ring (bicyclic) bond motifs is 8. The molecule has 3 fully saturated rings. The largest absolute Gasteiger partial charge is 0.508 e. The van der Waals surface area contributed by atoms with Crippen molar-refractivity contribution < 1.29 is 28.5 Å². The summed E-state index contributed by atoms with van der Waals surface area (Å²) in [5.41, 5.74) is 2.16. The van der Waals surface area contributed by atoms with Crippen LogP contribution in [0.1, 0.15) is 56.9 Å². The molecule has 12 nitrogen and oxygen atoms in total. The predicted octanol–water partition coefficient (Wildman–Crippen LogP) is 6.03. The second-order valence-corrected chi connectivity index (χ2v) is 15.5. The Morgan fingerprint density at radius 3 is 2.80 bits per heavy atom. The molecule has 51 heavy (non-hydrogen) atoms. The molecule has 6 bridgehead atoms. The summed E-state index contributed by atoms with van der Waals surface area (Å²) in [6.45, 7) is 4.37. The number of nitrogens with zero attached hydrogens (tertiary/aromatic N) is 7. The van der Waals surface area contributed by atoms with Crippen molar-refractivity contribution in [3.05, 3.63) is 34.9 Å². The van der Waals surface area contributed by atoms with Gasteiger partial charge in [0.2, 0.25) is 0 Å². The normalized spacial score (nSPS) is 20.8. The number of hydrogen-bond donors (Lipinski definition) is 1. The minimum atomic E-state index is -0.719. The van der Waals surface area contributed by atoms with Crippen molar-refractivity contribution in [2.75, 3.05) is 62.4 Å². The Morgan fingerprint density at radius 1 is 1.10 bits per heavy atom. The number of aliphatic hydroxyl groups is 1. The molecule has 1 atom stereocenters. The zero-order valence-electron chi connectivity index (χ0n) is 28.6. The summed E-state index contributed by atoms with van der Waals surface area (Å²) in [5, 5.41) is 15.5. The molecule has 8 heterocycles. The van der Waals surface area contributed by atoms with Crippen LogP contribution in [0, 0.1) is 5.82 Å². The summed E-state index contributed by atoms with van der Waals surface area (Å²) >= 11 is 8.69. The van der Waals surface area contributed by atoms with Gasteiger partial charge in [0.1, 0.15) is 29.7 Å². The molecule has 0 aliphatic carbocycles. The van der Waals surface area contributed by atoms with Crippen molar-refractivity contribution >= 4 is 57.1 Å². The lowest BCUT2D eigenvalue weighted by Gasteiger charge is -2.31. The molecular weight excluding hydrogens is 697 g/mol. The number of halogens is 2. The zero-order chi connectivity index (χ0) is 35.0. The van der Waals surface area contributed by atoms with Gasteiger partial charge in [0, 0.05) is 53.4 Å². The highest BCUT2D eigenvalue weighted by molar-refractivity contribution is 7.99. The summed E-state index contributed by atoms with van der Waals surface area (Å²) in [4.78, 5) is 31.8. The molecule has 1 unspecified atom stereocenters. The van der Waals surface area contributed by atoms with E-state index in [1.54, 1.807) is 24.2 Å². The monoisotopic (exact) mass is 739 g/mol. The van der Waals surface area contributed by atoms with Crippen LogP contribution in [-0.2, 0) is 22.4 Å². The van der Waals surface area contributed by atoms with E-state index in [0.717, 1.165) is 62.9 Å². The van der Waals surface area contributed by atoms with E-state index in [2.05, 4.69) is 10.00 Å². The fraction of sp³-hybridized carbons (Fsp3) is 0.583. The smallest absolute Gasteiger partial charge is 0.461 e. The van der Waals surface area contributed by atoms with Crippen LogP contribution in [0.25, 0.3) is 33.1 Å². The van der Waals surface area contributed by atoms with Crippen molar-refractivity contribution in [3.63, 3.8) is 0 Å². The molecule has 3 aromatic heterocycles. The molecule has 9 rings (SSSR count). The van der Waals surface area contributed by atoms with E-state index in [9.17, 15) is 9.90 Å². The fourth-order valence-electron chi connectivity index (χ4n) is 8.25. The van der Waals surface area contributed by atoms with Crippen molar-refractivity contribution in [1.29, 1.82) is 0 Å². The van der Waals surface area contributed by atoms with Gasteiger partial charge in [0.05, 0.1) is 35.8 Å². The zero-order valence-corrected chi connectivity index (χ0v) is 30.2. The van der Waals surface area contributed by atoms with Gasteiger partial charge in [-0.25, -0.2) is 9.18 Å². The third kappa shape index (κ3) is 6.80. The van der Waals surface area contributed by atoms with Crippen LogP contribution >= 0.6 is 23.4 Å². The Bertz CT molecular complexity index is 1920. The molecule has 3 saturated heterocycles. The highest BCUT2D eigenvalue weighted by Crippen LogP contribution is 2.42. The minimum Gasteiger partial charge on any atom is -0.461 e. The second-order valence-electron chi connectivity index (χ2n) is 14.0. The van der Waals surface area contributed by atoms with Crippen LogP contribution < -0.4 is 9.64 Å². The number of rotatable bonds is 8. The molecular formula is C36H43ClFN7O5S. The quantitative estimate of drug-likeness (QED) is 0.168. The maximum Gasteiger partial charge on any atom is 0.508 e. The Kier molecular flexibility index (Phi) is 10.1. The first-order chi connectivity index (χ1) is 24.9. The molecule has 1 aromatic carbocycles. The van der Waals surface area contributed by atoms with Gasteiger partial charge in [-0.1, -0.05) is 11.6 Å². The molecule has 5 aliphatic heterocycles. The van der Waals surface area contributed by atoms with E-state index >= 15 is 4.39 Å². The van der Waals surface area contributed by atoms with E-state index in [-0.39, 0.29) is 36.0 Å². The van der Waals surface area contributed by atoms with Gasteiger partial charge in [-0.05, 0) is 82.5 Å². The number of unbranched alkanes of at least 4 members (excludes halogenated alkanes) is 2. The SMILES string of the molecule is O=C1OCCCc2c(Cl)cc3c(cnn3CCCCCO)c2-c2ncc3c(nc(OCC45CCCN4CCC5)nc3c2F)N2CCSCC(C2)O1. The number of aryl methyl sites for hydroxylation is 1. The van der Waals surface area contributed by atoms with Gasteiger partial charge in [-0.2, -0.15) is 26.8 Å². The third-order valence-corrected chi connectivity index (χ3v) is 12.2. The highest BCUT2D eigenvalue weighted by Gasteiger charge is 2.45. The molecule has 15 heteroatoms. The van der Waals surface area contributed by atoms with Crippen LogP contribution in [0.5, 0.6) is 6.01 Å². The molecule has 0 spiro atoms. The van der Waals surface area contributed by atoms with E-state index in [0.29, 0.717) is 84.0 Å².